The monoisotopic (exact) mass is 990 g/mol. The van der Waals surface area contributed by atoms with Gasteiger partial charge in [-0.25, -0.2) is 0 Å². The quantitative estimate of drug-likeness (QED) is 0.0196. The fraction of sp³-hybridized carbons (Fsp3) is 0.831. The van der Waals surface area contributed by atoms with Crippen LogP contribution in [0.3, 0.4) is 0 Å². The van der Waals surface area contributed by atoms with Gasteiger partial charge in [0.2, 0.25) is 5.91 Å². The summed E-state index contributed by atoms with van der Waals surface area (Å²) in [6.07, 6.45) is 45.8. The van der Waals surface area contributed by atoms with Gasteiger partial charge in [0.25, 0.3) is 0 Å². The number of carbonyl (C=O) groups excluding carboxylic acids is 2. The van der Waals surface area contributed by atoms with Crippen molar-refractivity contribution < 1.29 is 49.3 Å². The minimum atomic E-state index is -1.62. The predicted molar refractivity (Wildman–Crippen MR) is 287 cm³/mol. The third kappa shape index (κ3) is 35.7. The number of nitrogens with one attached hydrogen (secondary N) is 1. The van der Waals surface area contributed by atoms with E-state index in [1.807, 2.05) is 6.08 Å². The van der Waals surface area contributed by atoms with E-state index in [4.69, 9.17) is 14.2 Å². The fourth-order valence-corrected chi connectivity index (χ4v) is 8.86. The molecule has 1 heterocycles. The maximum absolute atomic E-state index is 13.4. The van der Waals surface area contributed by atoms with Gasteiger partial charge in [0.1, 0.15) is 24.4 Å². The summed E-state index contributed by atoms with van der Waals surface area (Å²) in [5.41, 5.74) is 0. The molecule has 408 valence electrons. The summed E-state index contributed by atoms with van der Waals surface area (Å²) in [7, 11) is 0. The van der Waals surface area contributed by atoms with E-state index in [2.05, 4.69) is 62.5 Å². The zero-order valence-corrected chi connectivity index (χ0v) is 44.9. The molecule has 0 bridgehead atoms. The van der Waals surface area contributed by atoms with Crippen LogP contribution in [0.1, 0.15) is 252 Å². The third-order valence-corrected chi connectivity index (χ3v) is 13.5. The van der Waals surface area contributed by atoms with Gasteiger partial charge in [-0.2, -0.15) is 0 Å². The zero-order valence-electron chi connectivity index (χ0n) is 44.9. The van der Waals surface area contributed by atoms with Gasteiger partial charge in [0.15, 0.2) is 12.4 Å². The average molecular weight is 991 g/mol. The first-order chi connectivity index (χ1) is 34.2. The Labute approximate surface area is 427 Å². The summed E-state index contributed by atoms with van der Waals surface area (Å²) in [5, 5.41) is 56.8. The number of aliphatic hydroxyl groups is 5. The highest BCUT2D eigenvalue weighted by Gasteiger charge is 2.47. The van der Waals surface area contributed by atoms with Crippen LogP contribution < -0.4 is 5.32 Å². The number of hydrogen-bond acceptors (Lipinski definition) is 10. The molecule has 8 unspecified atom stereocenters. The molecule has 1 saturated heterocycles. The summed E-state index contributed by atoms with van der Waals surface area (Å²) in [6.45, 7) is 5.66. The summed E-state index contributed by atoms with van der Waals surface area (Å²) in [6, 6.07) is -1.03. The Balaban J connectivity index is 2.72. The van der Waals surface area contributed by atoms with Gasteiger partial charge in [-0.05, 0) is 77.0 Å². The minimum absolute atomic E-state index is 0.114. The van der Waals surface area contributed by atoms with Gasteiger partial charge in [-0.15, -0.1) is 0 Å². The van der Waals surface area contributed by atoms with Crippen molar-refractivity contribution in [1.82, 2.24) is 5.32 Å². The van der Waals surface area contributed by atoms with Crippen LogP contribution in [0.5, 0.6) is 0 Å². The van der Waals surface area contributed by atoms with Crippen LogP contribution in [0.15, 0.2) is 48.6 Å². The average Bonchev–Trinajstić information content (AvgIpc) is 3.36. The van der Waals surface area contributed by atoms with Crippen molar-refractivity contribution in [3.05, 3.63) is 48.6 Å². The molecule has 1 amide bonds. The van der Waals surface area contributed by atoms with Crippen molar-refractivity contribution in [1.29, 1.82) is 0 Å². The molecule has 0 aromatic heterocycles. The van der Waals surface area contributed by atoms with Crippen LogP contribution in [0.2, 0.25) is 0 Å². The second kappa shape index (κ2) is 47.6. The Kier molecular flexibility index (Phi) is 44.6. The van der Waals surface area contributed by atoms with E-state index in [1.165, 1.54) is 109 Å². The molecular formula is C59H107NO10. The van der Waals surface area contributed by atoms with Crippen LogP contribution in [0.4, 0.5) is 0 Å². The van der Waals surface area contributed by atoms with Gasteiger partial charge in [0, 0.05) is 6.42 Å². The largest absolute Gasteiger partial charge is 0.454 e. The number of amides is 1. The molecule has 0 radical (unpaired) electrons. The number of unbranched alkanes of at least 4 members (excludes halogenated alkanes) is 28. The van der Waals surface area contributed by atoms with Crippen molar-refractivity contribution in [2.45, 2.75) is 301 Å². The van der Waals surface area contributed by atoms with Crippen molar-refractivity contribution >= 4 is 11.9 Å². The molecule has 6 N–H and O–H groups in total. The maximum Gasteiger partial charge on any atom is 0.306 e. The summed E-state index contributed by atoms with van der Waals surface area (Å²) in [5.74, 6) is -1.21. The predicted octanol–water partition coefficient (Wildman–Crippen LogP) is 12.9. The van der Waals surface area contributed by atoms with E-state index in [0.29, 0.717) is 12.8 Å². The molecule has 1 rings (SSSR count). The molecule has 1 fully saturated rings. The highest BCUT2D eigenvalue weighted by molar-refractivity contribution is 5.80. The van der Waals surface area contributed by atoms with Crippen LogP contribution >= 0.6 is 0 Å². The van der Waals surface area contributed by atoms with Gasteiger partial charge in [0.05, 0.1) is 25.4 Å². The lowest BCUT2D eigenvalue weighted by molar-refractivity contribution is -0.305. The molecular weight excluding hydrogens is 883 g/mol. The molecule has 0 aromatic rings. The van der Waals surface area contributed by atoms with Crippen LogP contribution in [0.25, 0.3) is 0 Å². The maximum atomic E-state index is 13.4. The number of allylic oxidation sites excluding steroid dienone is 7. The van der Waals surface area contributed by atoms with Crippen molar-refractivity contribution in [3.8, 4) is 0 Å². The molecule has 0 aromatic carbocycles. The Hall–Kier alpha value is -2.38. The number of esters is 1. The van der Waals surface area contributed by atoms with E-state index in [-0.39, 0.29) is 19.4 Å². The highest BCUT2D eigenvalue weighted by Crippen LogP contribution is 2.26. The van der Waals surface area contributed by atoms with Gasteiger partial charge in [-0.3, -0.25) is 9.59 Å². The standard InChI is InChI=1S/C59H107NO10/c1-4-7-10-13-16-19-22-24-26-27-28-31-34-37-40-43-46-52(63)58(67)60-50(51(62)45-42-39-36-33-30-21-18-15-12-9-6-3)49-68-59-57(56(66)55(65)53(48-61)69-59)70-54(64)47-44-41-38-35-32-29-25-23-20-17-14-11-8-5-2/h8,11,17,20,24,26,42,45,50-53,55-57,59,61-63,65-66H,4-7,9-10,12-16,18-19,21-23,25,27-41,43-44,46-49H2,1-3H3,(H,60,67)/b11-8+,20-17+,26-24+,45-42+. The molecule has 11 heteroatoms. The molecule has 0 saturated carbocycles. The van der Waals surface area contributed by atoms with E-state index in [9.17, 15) is 35.1 Å². The minimum Gasteiger partial charge on any atom is -0.454 e. The SMILES string of the molecule is CC/C=C/C/C=C/CCCCCCCCCC(=O)OC1C(OCC(NC(=O)C(O)CCCCCCCC/C=C/CCCCCCCC)C(O)/C=C/CCCCCCCCCCC)OC(CO)C(O)C1O. The Morgan fingerprint density at radius 1 is 0.571 bits per heavy atom. The summed E-state index contributed by atoms with van der Waals surface area (Å²) >= 11 is 0. The normalized spacial score (nSPS) is 20.0. The van der Waals surface area contributed by atoms with Crippen LogP contribution in [-0.4, -0.2) is 99.6 Å². The summed E-state index contributed by atoms with van der Waals surface area (Å²) < 4.78 is 17.6. The Morgan fingerprint density at radius 2 is 1.03 bits per heavy atom. The first kappa shape index (κ1) is 65.6. The number of ether oxygens (including phenoxy) is 3. The van der Waals surface area contributed by atoms with Gasteiger partial charge >= 0.3 is 5.97 Å². The van der Waals surface area contributed by atoms with E-state index >= 15 is 0 Å². The topological polar surface area (TPSA) is 175 Å². The number of carbonyl (C=O) groups is 2. The first-order valence-corrected chi connectivity index (χ1v) is 28.9. The molecule has 11 nitrogen and oxygen atoms in total. The van der Waals surface area contributed by atoms with Crippen molar-refractivity contribution in [2.24, 2.45) is 0 Å². The number of hydrogen-bond donors (Lipinski definition) is 6. The lowest BCUT2D eigenvalue weighted by atomic mass is 9.99. The Bertz CT molecular complexity index is 1320. The zero-order chi connectivity index (χ0) is 51.1. The van der Waals surface area contributed by atoms with E-state index < -0.39 is 67.4 Å². The summed E-state index contributed by atoms with van der Waals surface area (Å²) in [4.78, 5) is 26.4. The molecule has 8 atom stereocenters. The van der Waals surface area contributed by atoms with Crippen molar-refractivity contribution in [2.75, 3.05) is 13.2 Å². The van der Waals surface area contributed by atoms with E-state index in [1.54, 1.807) is 6.08 Å². The smallest absolute Gasteiger partial charge is 0.306 e. The second-order valence-electron chi connectivity index (χ2n) is 20.0. The molecule has 70 heavy (non-hydrogen) atoms. The first-order valence-electron chi connectivity index (χ1n) is 28.9. The molecule has 0 spiro atoms. The number of rotatable bonds is 48. The highest BCUT2D eigenvalue weighted by atomic mass is 16.7. The molecule has 1 aliphatic rings. The van der Waals surface area contributed by atoms with E-state index in [0.717, 1.165) is 96.3 Å². The van der Waals surface area contributed by atoms with Crippen LogP contribution in [-0.2, 0) is 23.8 Å². The lowest BCUT2D eigenvalue weighted by Gasteiger charge is -2.41. The molecule has 1 aliphatic heterocycles. The van der Waals surface area contributed by atoms with Crippen molar-refractivity contribution in [3.63, 3.8) is 0 Å². The Morgan fingerprint density at radius 3 is 1.54 bits per heavy atom. The third-order valence-electron chi connectivity index (χ3n) is 13.5. The van der Waals surface area contributed by atoms with Gasteiger partial charge < -0.3 is 45.1 Å². The molecule has 0 aliphatic carbocycles. The van der Waals surface area contributed by atoms with Gasteiger partial charge in [-0.1, -0.05) is 217 Å². The van der Waals surface area contributed by atoms with Crippen LogP contribution in [0, 0.1) is 0 Å². The number of aliphatic hydroxyl groups excluding tert-OH is 5. The lowest BCUT2D eigenvalue weighted by Crippen LogP contribution is -2.61. The fourth-order valence-electron chi connectivity index (χ4n) is 8.86. The second-order valence-corrected chi connectivity index (χ2v) is 20.0.